The van der Waals surface area contributed by atoms with Gasteiger partial charge in [0.1, 0.15) is 12.3 Å². The molecule has 0 aliphatic carbocycles. The number of aromatic nitrogens is 1. The van der Waals surface area contributed by atoms with Crippen molar-refractivity contribution < 1.29 is 27.4 Å². The van der Waals surface area contributed by atoms with Crippen LogP contribution in [0.1, 0.15) is 17.0 Å². The predicted molar refractivity (Wildman–Crippen MR) is 166 cm³/mol. The van der Waals surface area contributed by atoms with Gasteiger partial charge in [-0.25, -0.2) is 13.8 Å². The van der Waals surface area contributed by atoms with Crippen molar-refractivity contribution in [2.45, 2.75) is 18.7 Å². The van der Waals surface area contributed by atoms with Crippen LogP contribution in [0.25, 0.3) is 5.69 Å². The van der Waals surface area contributed by atoms with Crippen LogP contribution in [0.3, 0.4) is 0 Å². The molecule has 42 heavy (non-hydrogen) atoms. The summed E-state index contributed by atoms with van der Waals surface area (Å²) < 4.78 is 47.4. The Balaban J connectivity index is 1.59. The normalized spacial score (nSPS) is 11.4. The number of nitrogens with zero attached hydrogens (tertiary/aromatic N) is 3. The van der Waals surface area contributed by atoms with Gasteiger partial charge >= 0.3 is 0 Å². The van der Waals surface area contributed by atoms with Crippen LogP contribution in [-0.4, -0.2) is 53.0 Å². The molecular formula is C30H31BrN4O6S. The molecule has 10 nitrogen and oxygen atoms in total. The van der Waals surface area contributed by atoms with Gasteiger partial charge in [-0.15, -0.1) is 0 Å². The third-order valence-corrected chi connectivity index (χ3v) is 8.84. The standard InChI is InChI=1S/C30H31BrN4O6S/c1-20-16-22(21(2)35(20)25-8-6-23(31)7-9-25)18-32-33-30(36)19-34(24-10-12-26(39-3)13-11-24)42(37,38)27-14-15-28(40-4)29(17-27)41-5/h6-18H,19H2,1-5H3,(H,33,36)/b32-18+. The quantitative estimate of drug-likeness (QED) is 0.175. The van der Waals surface area contributed by atoms with Crippen LogP contribution >= 0.6 is 15.9 Å². The molecular weight excluding hydrogens is 624 g/mol. The first-order chi connectivity index (χ1) is 20.1. The van der Waals surface area contributed by atoms with Crippen LogP contribution < -0.4 is 23.9 Å². The summed E-state index contributed by atoms with van der Waals surface area (Å²) >= 11 is 3.46. The van der Waals surface area contributed by atoms with Crippen LogP contribution in [-0.2, 0) is 14.8 Å². The molecule has 0 saturated heterocycles. The van der Waals surface area contributed by atoms with E-state index < -0.39 is 22.5 Å². The van der Waals surface area contributed by atoms with E-state index in [0.29, 0.717) is 11.5 Å². The molecule has 0 unspecified atom stereocenters. The first kappa shape index (κ1) is 30.7. The fourth-order valence-electron chi connectivity index (χ4n) is 4.41. The number of halogens is 1. The predicted octanol–water partition coefficient (Wildman–Crippen LogP) is 5.23. The maximum atomic E-state index is 13.8. The molecule has 0 saturated carbocycles. The van der Waals surface area contributed by atoms with Crippen molar-refractivity contribution in [3.05, 3.63) is 94.2 Å². The summed E-state index contributed by atoms with van der Waals surface area (Å²) in [6, 6.07) is 20.5. The van der Waals surface area contributed by atoms with E-state index in [9.17, 15) is 13.2 Å². The minimum atomic E-state index is -4.21. The number of amides is 1. The lowest BCUT2D eigenvalue weighted by atomic mass is 10.2. The number of sulfonamides is 1. The summed E-state index contributed by atoms with van der Waals surface area (Å²) in [5.41, 5.74) is 6.46. The van der Waals surface area contributed by atoms with Gasteiger partial charge in [-0.05, 0) is 80.6 Å². The van der Waals surface area contributed by atoms with E-state index >= 15 is 0 Å². The van der Waals surface area contributed by atoms with Gasteiger partial charge in [0.05, 0.1) is 38.1 Å². The van der Waals surface area contributed by atoms with Gasteiger partial charge in [0, 0.05) is 33.2 Å². The third-order valence-electron chi connectivity index (χ3n) is 6.54. The van der Waals surface area contributed by atoms with E-state index in [-0.39, 0.29) is 16.3 Å². The molecule has 0 aliphatic heterocycles. The van der Waals surface area contributed by atoms with Crippen molar-refractivity contribution >= 4 is 43.8 Å². The minimum absolute atomic E-state index is 0.0762. The number of rotatable bonds is 11. The van der Waals surface area contributed by atoms with Gasteiger partial charge < -0.3 is 18.8 Å². The number of carbonyl (C=O) groups is 1. The topological polar surface area (TPSA) is 111 Å². The number of nitrogens with one attached hydrogen (secondary N) is 1. The second-order valence-corrected chi connectivity index (χ2v) is 11.9. The second kappa shape index (κ2) is 13.1. The number of ether oxygens (including phenoxy) is 3. The van der Waals surface area contributed by atoms with Crippen molar-refractivity contribution in [1.82, 2.24) is 9.99 Å². The summed E-state index contributed by atoms with van der Waals surface area (Å²) in [7, 11) is 0.171. The Morgan fingerprint density at radius 1 is 0.929 bits per heavy atom. The number of hydrogen-bond acceptors (Lipinski definition) is 7. The zero-order chi connectivity index (χ0) is 30.4. The maximum absolute atomic E-state index is 13.8. The van der Waals surface area contributed by atoms with Crippen molar-refractivity contribution in [3.63, 3.8) is 0 Å². The van der Waals surface area contributed by atoms with Crippen molar-refractivity contribution in [3.8, 4) is 22.9 Å². The van der Waals surface area contributed by atoms with E-state index in [1.54, 1.807) is 24.3 Å². The highest BCUT2D eigenvalue weighted by Gasteiger charge is 2.28. The Morgan fingerprint density at radius 3 is 2.21 bits per heavy atom. The number of methoxy groups -OCH3 is 3. The summed E-state index contributed by atoms with van der Waals surface area (Å²) in [6.07, 6.45) is 1.54. The molecule has 0 bridgehead atoms. The average Bonchev–Trinajstić information content (AvgIpc) is 3.28. The van der Waals surface area contributed by atoms with Gasteiger partial charge in [-0.3, -0.25) is 9.10 Å². The van der Waals surface area contributed by atoms with E-state index in [1.807, 2.05) is 44.2 Å². The molecule has 12 heteroatoms. The number of hydrazone groups is 1. The lowest BCUT2D eigenvalue weighted by Crippen LogP contribution is -2.39. The average molecular weight is 656 g/mol. The van der Waals surface area contributed by atoms with Gasteiger partial charge in [0.15, 0.2) is 11.5 Å². The number of hydrogen-bond donors (Lipinski definition) is 1. The number of benzene rings is 3. The number of anilines is 1. The van der Waals surface area contributed by atoms with Crippen LogP contribution in [0.4, 0.5) is 5.69 Å². The molecule has 1 N–H and O–H groups in total. The molecule has 1 amide bonds. The van der Waals surface area contributed by atoms with Crippen molar-refractivity contribution in [1.29, 1.82) is 0 Å². The molecule has 0 aliphatic rings. The van der Waals surface area contributed by atoms with E-state index in [0.717, 1.165) is 31.4 Å². The highest BCUT2D eigenvalue weighted by molar-refractivity contribution is 9.10. The molecule has 220 valence electrons. The lowest BCUT2D eigenvalue weighted by Gasteiger charge is -2.24. The highest BCUT2D eigenvalue weighted by Crippen LogP contribution is 2.32. The highest BCUT2D eigenvalue weighted by atomic mass is 79.9. The first-order valence-electron chi connectivity index (χ1n) is 12.7. The van der Waals surface area contributed by atoms with Crippen molar-refractivity contribution in [2.24, 2.45) is 5.10 Å². The lowest BCUT2D eigenvalue weighted by molar-refractivity contribution is -0.119. The van der Waals surface area contributed by atoms with E-state index in [1.165, 1.54) is 45.7 Å². The van der Waals surface area contributed by atoms with Crippen LogP contribution in [0.15, 0.2) is 87.3 Å². The molecule has 0 atom stereocenters. The summed E-state index contributed by atoms with van der Waals surface area (Å²) in [6.45, 7) is 3.41. The minimum Gasteiger partial charge on any atom is -0.497 e. The summed E-state index contributed by atoms with van der Waals surface area (Å²) in [4.78, 5) is 13.0. The second-order valence-electron chi connectivity index (χ2n) is 9.16. The Labute approximate surface area is 253 Å². The van der Waals surface area contributed by atoms with Crippen LogP contribution in [0.5, 0.6) is 17.2 Å². The molecule has 1 aromatic heterocycles. The Kier molecular flexibility index (Phi) is 9.59. The van der Waals surface area contributed by atoms with E-state index in [2.05, 4.69) is 31.0 Å². The summed E-state index contributed by atoms with van der Waals surface area (Å²) in [5, 5.41) is 4.12. The number of aryl methyl sites for hydroxylation is 1. The smallest absolute Gasteiger partial charge is 0.264 e. The van der Waals surface area contributed by atoms with Crippen LogP contribution in [0, 0.1) is 13.8 Å². The fourth-order valence-corrected chi connectivity index (χ4v) is 6.11. The van der Waals surface area contributed by atoms with Gasteiger partial charge in [0.25, 0.3) is 15.9 Å². The molecule has 4 rings (SSSR count). The Morgan fingerprint density at radius 2 is 1.60 bits per heavy atom. The Hall–Kier alpha value is -4.29. The molecule has 0 spiro atoms. The molecule has 0 radical (unpaired) electrons. The van der Waals surface area contributed by atoms with Gasteiger partial charge in [-0.2, -0.15) is 5.10 Å². The summed E-state index contributed by atoms with van der Waals surface area (Å²) in [5.74, 6) is 0.520. The monoisotopic (exact) mass is 654 g/mol. The van der Waals surface area contributed by atoms with Gasteiger partial charge in [-0.1, -0.05) is 15.9 Å². The zero-order valence-electron chi connectivity index (χ0n) is 23.8. The Bertz CT molecular complexity index is 1700. The van der Waals surface area contributed by atoms with E-state index in [4.69, 9.17) is 14.2 Å². The van der Waals surface area contributed by atoms with Crippen LogP contribution in [0.2, 0.25) is 0 Å². The SMILES string of the molecule is COc1ccc(N(CC(=O)N/N=C/c2cc(C)n(-c3ccc(Br)cc3)c2C)S(=O)(=O)c2ccc(OC)c(OC)c2)cc1. The van der Waals surface area contributed by atoms with Gasteiger partial charge in [0.2, 0.25) is 0 Å². The third kappa shape index (κ3) is 6.60. The largest absolute Gasteiger partial charge is 0.497 e. The molecule has 1 heterocycles. The maximum Gasteiger partial charge on any atom is 0.264 e. The fraction of sp³-hybridized carbons (Fsp3) is 0.200. The molecule has 0 fully saturated rings. The zero-order valence-corrected chi connectivity index (χ0v) is 26.2. The van der Waals surface area contributed by atoms with Crippen molar-refractivity contribution in [2.75, 3.05) is 32.2 Å². The number of carbonyl (C=O) groups excluding carboxylic acids is 1. The first-order valence-corrected chi connectivity index (χ1v) is 15.0. The molecule has 3 aromatic carbocycles. The molecule has 4 aromatic rings.